The number of methoxy groups -OCH3 is 1. The van der Waals surface area contributed by atoms with E-state index in [-0.39, 0.29) is 16.2 Å². The Morgan fingerprint density at radius 2 is 1.91 bits per heavy atom. The van der Waals surface area contributed by atoms with Crippen molar-refractivity contribution in [2.24, 2.45) is 0 Å². The highest BCUT2D eigenvalue weighted by atomic mass is 79.9. The lowest BCUT2D eigenvalue weighted by atomic mass is 10.2. The quantitative estimate of drug-likeness (QED) is 0.384. The van der Waals surface area contributed by atoms with Gasteiger partial charge in [0, 0.05) is 12.1 Å². The van der Waals surface area contributed by atoms with Gasteiger partial charge in [0.05, 0.1) is 17.8 Å². The van der Waals surface area contributed by atoms with Crippen LogP contribution in [0.4, 0.5) is 0 Å². The highest BCUT2D eigenvalue weighted by Gasteiger charge is 2.39. The predicted octanol–water partition coefficient (Wildman–Crippen LogP) is 5.40. The van der Waals surface area contributed by atoms with Crippen molar-refractivity contribution in [2.45, 2.75) is 38.9 Å². The van der Waals surface area contributed by atoms with Crippen LogP contribution in [0.25, 0.3) is 11.0 Å². The van der Waals surface area contributed by atoms with Crippen LogP contribution in [0, 0.1) is 0 Å². The van der Waals surface area contributed by atoms with E-state index < -0.39 is 8.32 Å². The Morgan fingerprint density at radius 1 is 1.26 bits per heavy atom. The molecule has 4 nitrogen and oxygen atoms in total. The van der Waals surface area contributed by atoms with E-state index in [4.69, 9.17) is 13.6 Å². The number of halogens is 1. The molecule has 0 unspecified atom stereocenters. The van der Waals surface area contributed by atoms with Crippen LogP contribution in [0.3, 0.4) is 0 Å². The second kappa shape index (κ2) is 6.32. The van der Waals surface area contributed by atoms with Crippen LogP contribution < -0.4 is 9.16 Å². The first-order chi connectivity index (χ1) is 10.6. The zero-order valence-electron chi connectivity index (χ0n) is 14.5. The molecule has 0 N–H and O–H groups in total. The summed E-state index contributed by atoms with van der Waals surface area (Å²) < 4.78 is 17.4. The highest BCUT2D eigenvalue weighted by Crippen LogP contribution is 2.41. The maximum atomic E-state index is 11.9. The van der Waals surface area contributed by atoms with Gasteiger partial charge in [-0.3, -0.25) is 4.79 Å². The van der Waals surface area contributed by atoms with E-state index >= 15 is 0 Å². The lowest BCUT2D eigenvalue weighted by Gasteiger charge is -2.36. The lowest BCUT2D eigenvalue weighted by molar-refractivity contribution is 0.0995. The van der Waals surface area contributed by atoms with E-state index in [0.717, 1.165) is 5.39 Å². The molecule has 23 heavy (non-hydrogen) atoms. The van der Waals surface area contributed by atoms with E-state index in [1.807, 2.05) is 6.07 Å². The standard InChI is InChI=1S/C17H23BrO4Si/c1-17(2,3)23(5,6)22-15-8-11(20-4)7-14-12(15)9-16(21-14)13(19)10-18/h7-9H,10H2,1-6H3. The normalized spacial score (nSPS) is 12.5. The average molecular weight is 399 g/mol. The molecule has 1 aromatic heterocycles. The Kier molecular flexibility index (Phi) is 4.96. The molecule has 1 heterocycles. The summed E-state index contributed by atoms with van der Waals surface area (Å²) in [7, 11) is -0.414. The Morgan fingerprint density at radius 3 is 2.43 bits per heavy atom. The molecule has 126 valence electrons. The van der Waals surface area contributed by atoms with Crippen LogP contribution in [0.2, 0.25) is 18.1 Å². The molecule has 1 aromatic carbocycles. The molecular weight excluding hydrogens is 376 g/mol. The third kappa shape index (κ3) is 3.63. The van der Waals surface area contributed by atoms with E-state index in [0.29, 0.717) is 22.8 Å². The molecule has 0 spiro atoms. The molecule has 0 saturated carbocycles. The average Bonchev–Trinajstić information content (AvgIpc) is 2.88. The van der Waals surface area contributed by atoms with Crippen LogP contribution >= 0.6 is 15.9 Å². The second-order valence-corrected chi connectivity index (χ2v) is 12.4. The maximum Gasteiger partial charge on any atom is 0.250 e. The first-order valence-corrected chi connectivity index (χ1v) is 11.5. The number of ether oxygens (including phenoxy) is 1. The second-order valence-electron chi connectivity index (χ2n) is 7.07. The number of carbonyl (C=O) groups is 1. The number of benzene rings is 1. The smallest absolute Gasteiger partial charge is 0.250 e. The van der Waals surface area contributed by atoms with Crippen LogP contribution in [0.1, 0.15) is 31.3 Å². The third-order valence-electron chi connectivity index (χ3n) is 4.38. The van der Waals surface area contributed by atoms with E-state index in [1.54, 1.807) is 19.2 Å². The van der Waals surface area contributed by atoms with Gasteiger partial charge < -0.3 is 13.6 Å². The van der Waals surface area contributed by atoms with Crippen LogP contribution in [0.5, 0.6) is 11.5 Å². The number of Topliss-reactive ketones (excluding diaryl/α,β-unsaturated/α-hetero) is 1. The van der Waals surface area contributed by atoms with Gasteiger partial charge in [0.15, 0.2) is 5.76 Å². The van der Waals surface area contributed by atoms with Crippen molar-refractivity contribution in [3.8, 4) is 11.5 Å². The first kappa shape index (κ1) is 18.1. The highest BCUT2D eigenvalue weighted by molar-refractivity contribution is 9.09. The van der Waals surface area contributed by atoms with Crippen molar-refractivity contribution in [1.29, 1.82) is 0 Å². The maximum absolute atomic E-state index is 11.9. The number of furan rings is 1. The van der Waals surface area contributed by atoms with Gasteiger partial charge in [-0.1, -0.05) is 36.7 Å². The zero-order chi connectivity index (χ0) is 17.4. The molecule has 0 aliphatic carbocycles. The van der Waals surface area contributed by atoms with Crippen molar-refractivity contribution < 1.29 is 18.4 Å². The molecule has 2 rings (SSSR count). The number of rotatable bonds is 5. The predicted molar refractivity (Wildman–Crippen MR) is 98.7 cm³/mol. The van der Waals surface area contributed by atoms with Gasteiger partial charge in [0.2, 0.25) is 5.78 Å². The molecule has 0 atom stereocenters. The zero-order valence-corrected chi connectivity index (χ0v) is 17.0. The molecule has 2 aromatic rings. The molecule has 0 amide bonds. The Bertz CT molecular complexity index is 728. The van der Waals surface area contributed by atoms with E-state index in [2.05, 4.69) is 49.8 Å². The van der Waals surface area contributed by atoms with Gasteiger partial charge in [-0.15, -0.1) is 0 Å². The first-order valence-electron chi connectivity index (χ1n) is 7.49. The van der Waals surface area contributed by atoms with Crippen molar-refractivity contribution in [1.82, 2.24) is 0 Å². The van der Waals surface area contributed by atoms with Crippen molar-refractivity contribution in [2.75, 3.05) is 12.4 Å². The summed E-state index contributed by atoms with van der Waals surface area (Å²) in [4.78, 5) is 11.9. The van der Waals surface area contributed by atoms with Gasteiger partial charge in [-0.2, -0.15) is 0 Å². The topological polar surface area (TPSA) is 48.7 Å². The fraction of sp³-hybridized carbons (Fsp3) is 0.471. The third-order valence-corrected chi connectivity index (χ3v) is 9.23. The molecule has 0 bridgehead atoms. The van der Waals surface area contributed by atoms with Crippen molar-refractivity contribution in [3.63, 3.8) is 0 Å². The SMILES string of the molecule is COc1cc(O[Si](C)(C)C(C)(C)C)c2cc(C(=O)CBr)oc2c1. The summed E-state index contributed by atoms with van der Waals surface area (Å²) >= 11 is 3.17. The van der Waals surface area contributed by atoms with E-state index in [9.17, 15) is 4.79 Å². The van der Waals surface area contributed by atoms with E-state index in [1.165, 1.54) is 0 Å². The van der Waals surface area contributed by atoms with Gasteiger partial charge in [-0.25, -0.2) is 0 Å². The monoisotopic (exact) mass is 398 g/mol. The summed E-state index contributed by atoms with van der Waals surface area (Å²) in [6, 6.07) is 5.39. The molecule has 6 heteroatoms. The minimum Gasteiger partial charge on any atom is -0.543 e. The fourth-order valence-corrected chi connectivity index (χ4v) is 3.22. The Hall–Kier alpha value is -1.27. The lowest BCUT2D eigenvalue weighted by Crippen LogP contribution is -2.43. The summed E-state index contributed by atoms with van der Waals surface area (Å²) in [5, 5.41) is 1.10. The molecule has 0 aliphatic rings. The fourth-order valence-electron chi connectivity index (χ4n) is 1.92. The number of fused-ring (bicyclic) bond motifs is 1. The number of carbonyl (C=O) groups excluding carboxylic acids is 1. The molecule has 0 aliphatic heterocycles. The van der Waals surface area contributed by atoms with Crippen LogP contribution in [-0.4, -0.2) is 26.5 Å². The summed E-state index contributed by atoms with van der Waals surface area (Å²) in [5.41, 5.74) is 0.599. The number of hydrogen-bond donors (Lipinski definition) is 0. The number of ketones is 1. The summed E-state index contributed by atoms with van der Waals surface area (Å²) in [6.07, 6.45) is 0. The molecule has 0 saturated heterocycles. The molecule has 0 fully saturated rings. The molecular formula is C17H23BrO4Si. The van der Waals surface area contributed by atoms with Gasteiger partial charge >= 0.3 is 0 Å². The number of alkyl halides is 1. The summed E-state index contributed by atoms with van der Waals surface area (Å²) in [5.74, 6) is 1.59. The number of hydrogen-bond acceptors (Lipinski definition) is 4. The Balaban J connectivity index is 2.57. The largest absolute Gasteiger partial charge is 0.543 e. The van der Waals surface area contributed by atoms with Crippen LogP contribution in [0.15, 0.2) is 22.6 Å². The minimum atomic E-state index is -2.02. The van der Waals surface area contributed by atoms with Gasteiger partial charge in [0.25, 0.3) is 8.32 Å². The van der Waals surface area contributed by atoms with Crippen molar-refractivity contribution in [3.05, 3.63) is 24.0 Å². The van der Waals surface area contributed by atoms with Gasteiger partial charge in [0.1, 0.15) is 17.1 Å². The minimum absolute atomic E-state index is 0.0701. The Labute approximate surface area is 146 Å². The summed E-state index contributed by atoms with van der Waals surface area (Å²) in [6.45, 7) is 10.9. The van der Waals surface area contributed by atoms with Crippen molar-refractivity contribution >= 4 is 41.0 Å². The van der Waals surface area contributed by atoms with Crippen LogP contribution in [-0.2, 0) is 0 Å². The van der Waals surface area contributed by atoms with Gasteiger partial charge in [-0.05, 0) is 24.2 Å². The molecule has 0 radical (unpaired) electrons.